The predicted octanol–water partition coefficient (Wildman–Crippen LogP) is -2.85. The fourth-order valence-corrected chi connectivity index (χ4v) is 3.38. The van der Waals surface area contributed by atoms with Crippen LogP contribution in [0.25, 0.3) is 0 Å². The van der Waals surface area contributed by atoms with Crippen molar-refractivity contribution in [3.63, 3.8) is 0 Å². The molecule has 3 rings (SSSR count). The number of rotatable bonds is 6. The van der Waals surface area contributed by atoms with Crippen LogP contribution in [0.5, 0.6) is 0 Å². The SMILES string of the molecule is O=C(O[C@H]1[C@@H](O)[C@@H](CO)O[C@H](O[C@H]2CO[C@H](CO)[C@@H](O)[C@@H]2O)[C@@H]1O)c1ccccc1. The Morgan fingerprint density at radius 1 is 0.933 bits per heavy atom. The van der Waals surface area contributed by atoms with Crippen LogP contribution in [0.3, 0.4) is 0 Å². The lowest BCUT2D eigenvalue weighted by Crippen LogP contribution is -2.63. The van der Waals surface area contributed by atoms with E-state index in [1.165, 1.54) is 12.1 Å². The molecule has 11 heteroatoms. The molecule has 2 heterocycles. The highest BCUT2D eigenvalue weighted by Gasteiger charge is 2.49. The average Bonchev–Trinajstić information content (AvgIpc) is 2.76. The van der Waals surface area contributed by atoms with Crippen LogP contribution < -0.4 is 0 Å². The van der Waals surface area contributed by atoms with Crippen molar-refractivity contribution in [1.82, 2.24) is 0 Å². The van der Waals surface area contributed by atoms with Crippen molar-refractivity contribution in [2.45, 2.75) is 55.1 Å². The Bertz CT molecular complexity index is 686. The van der Waals surface area contributed by atoms with Gasteiger partial charge < -0.3 is 49.6 Å². The summed E-state index contributed by atoms with van der Waals surface area (Å²) in [5.41, 5.74) is 0.190. The number of aliphatic hydroxyl groups excluding tert-OH is 6. The molecule has 0 radical (unpaired) electrons. The molecule has 0 saturated carbocycles. The third-order valence-electron chi connectivity index (χ3n) is 5.15. The first-order valence-corrected chi connectivity index (χ1v) is 9.50. The summed E-state index contributed by atoms with van der Waals surface area (Å²) < 4.78 is 21.3. The Morgan fingerprint density at radius 2 is 1.60 bits per heavy atom. The summed E-state index contributed by atoms with van der Waals surface area (Å²) in [5.74, 6) is -0.807. The molecule has 1 aromatic carbocycles. The third kappa shape index (κ3) is 4.80. The van der Waals surface area contributed by atoms with E-state index in [2.05, 4.69) is 0 Å². The number of carbonyl (C=O) groups is 1. The van der Waals surface area contributed by atoms with Crippen LogP contribution in [0.1, 0.15) is 10.4 Å². The number of carbonyl (C=O) groups excluding carboxylic acids is 1. The van der Waals surface area contributed by atoms with Gasteiger partial charge in [-0.15, -0.1) is 0 Å². The van der Waals surface area contributed by atoms with Gasteiger partial charge in [0, 0.05) is 0 Å². The Kier molecular flexibility index (Phi) is 7.74. The van der Waals surface area contributed by atoms with E-state index in [1.807, 2.05) is 0 Å². The van der Waals surface area contributed by atoms with E-state index < -0.39 is 74.3 Å². The molecule has 0 unspecified atom stereocenters. The standard InChI is InChI=1S/C19H26O11/c20-6-10-13(22)14(23)12(8-27-10)29-19-16(25)17(15(24)11(7-21)28-19)30-18(26)9-4-2-1-3-5-9/h1-5,10-17,19-25H,6-8H2/t10-,11-,12+,13-,14-,15+,16-,17+,19-/m1/s1. The molecule has 1 aromatic rings. The average molecular weight is 430 g/mol. The monoisotopic (exact) mass is 430 g/mol. The molecule has 0 aromatic heterocycles. The largest absolute Gasteiger partial charge is 0.453 e. The number of hydrogen-bond acceptors (Lipinski definition) is 11. The summed E-state index contributed by atoms with van der Waals surface area (Å²) in [6, 6.07) is 7.92. The number of ether oxygens (including phenoxy) is 4. The van der Waals surface area contributed by atoms with E-state index in [4.69, 9.17) is 24.1 Å². The Balaban J connectivity index is 1.71. The normalized spacial score (nSPS) is 39.5. The molecular formula is C19H26O11. The van der Waals surface area contributed by atoms with Crippen molar-refractivity contribution in [1.29, 1.82) is 0 Å². The van der Waals surface area contributed by atoms with Crippen LogP contribution in [-0.4, -0.2) is 112 Å². The topological polar surface area (TPSA) is 175 Å². The van der Waals surface area contributed by atoms with Crippen LogP contribution in [0.15, 0.2) is 30.3 Å². The molecule has 2 saturated heterocycles. The fourth-order valence-electron chi connectivity index (χ4n) is 3.38. The highest BCUT2D eigenvalue weighted by Crippen LogP contribution is 2.28. The van der Waals surface area contributed by atoms with Gasteiger partial charge >= 0.3 is 5.97 Å². The molecule has 2 aliphatic rings. The van der Waals surface area contributed by atoms with Crippen molar-refractivity contribution in [2.75, 3.05) is 19.8 Å². The van der Waals surface area contributed by atoms with Gasteiger partial charge in [-0.3, -0.25) is 0 Å². The maximum absolute atomic E-state index is 12.4. The summed E-state index contributed by atoms with van der Waals surface area (Å²) in [5, 5.41) is 59.8. The second-order valence-corrected chi connectivity index (χ2v) is 7.15. The summed E-state index contributed by atoms with van der Waals surface area (Å²) >= 11 is 0. The zero-order valence-corrected chi connectivity index (χ0v) is 15.9. The summed E-state index contributed by atoms with van der Waals surface area (Å²) in [6.45, 7) is -1.40. The van der Waals surface area contributed by atoms with E-state index in [1.54, 1.807) is 18.2 Å². The minimum Gasteiger partial charge on any atom is -0.453 e. The van der Waals surface area contributed by atoms with Crippen LogP contribution >= 0.6 is 0 Å². The second-order valence-electron chi connectivity index (χ2n) is 7.15. The first kappa shape index (κ1) is 23.0. The molecule has 168 valence electrons. The van der Waals surface area contributed by atoms with E-state index in [0.717, 1.165) is 0 Å². The van der Waals surface area contributed by atoms with Crippen molar-refractivity contribution in [3.8, 4) is 0 Å². The molecule has 0 bridgehead atoms. The van der Waals surface area contributed by atoms with Gasteiger partial charge in [-0.2, -0.15) is 0 Å². The van der Waals surface area contributed by atoms with Crippen LogP contribution in [0, 0.1) is 0 Å². The molecule has 0 spiro atoms. The smallest absolute Gasteiger partial charge is 0.338 e. The van der Waals surface area contributed by atoms with Gasteiger partial charge in [0.1, 0.15) is 42.7 Å². The van der Waals surface area contributed by atoms with Crippen LogP contribution in [-0.2, 0) is 18.9 Å². The number of esters is 1. The first-order chi connectivity index (χ1) is 14.4. The van der Waals surface area contributed by atoms with Crippen LogP contribution in [0.4, 0.5) is 0 Å². The number of aliphatic hydroxyl groups is 6. The number of benzene rings is 1. The lowest BCUT2D eigenvalue weighted by Gasteiger charge is -2.44. The Hall–Kier alpha value is -1.67. The lowest BCUT2D eigenvalue weighted by molar-refractivity contribution is -0.331. The van der Waals surface area contributed by atoms with Gasteiger partial charge in [0.05, 0.1) is 25.4 Å². The molecule has 11 nitrogen and oxygen atoms in total. The van der Waals surface area contributed by atoms with Gasteiger partial charge in [-0.1, -0.05) is 18.2 Å². The highest BCUT2D eigenvalue weighted by atomic mass is 16.7. The maximum atomic E-state index is 12.4. The molecule has 0 amide bonds. The van der Waals surface area contributed by atoms with Gasteiger partial charge in [0.15, 0.2) is 12.4 Å². The molecule has 2 aliphatic heterocycles. The number of hydrogen-bond donors (Lipinski definition) is 6. The second kappa shape index (κ2) is 10.1. The van der Waals surface area contributed by atoms with E-state index >= 15 is 0 Å². The Labute approximate surface area is 172 Å². The van der Waals surface area contributed by atoms with Crippen molar-refractivity contribution >= 4 is 5.97 Å². The van der Waals surface area contributed by atoms with Gasteiger partial charge in [-0.25, -0.2) is 4.79 Å². The zero-order chi connectivity index (χ0) is 21.8. The zero-order valence-electron chi connectivity index (χ0n) is 15.9. The lowest BCUT2D eigenvalue weighted by atomic mass is 9.97. The molecule has 0 aliphatic carbocycles. The van der Waals surface area contributed by atoms with Gasteiger partial charge in [0.2, 0.25) is 0 Å². The summed E-state index contributed by atoms with van der Waals surface area (Å²) in [4.78, 5) is 12.4. The van der Waals surface area contributed by atoms with Crippen molar-refractivity contribution in [2.24, 2.45) is 0 Å². The third-order valence-corrected chi connectivity index (χ3v) is 5.15. The molecule has 2 fully saturated rings. The van der Waals surface area contributed by atoms with E-state index in [0.29, 0.717) is 0 Å². The maximum Gasteiger partial charge on any atom is 0.338 e. The minimum absolute atomic E-state index is 0.190. The molecule has 30 heavy (non-hydrogen) atoms. The Morgan fingerprint density at radius 3 is 2.23 bits per heavy atom. The molecular weight excluding hydrogens is 404 g/mol. The minimum atomic E-state index is -1.67. The van der Waals surface area contributed by atoms with E-state index in [9.17, 15) is 30.3 Å². The van der Waals surface area contributed by atoms with Crippen LogP contribution in [0.2, 0.25) is 0 Å². The first-order valence-electron chi connectivity index (χ1n) is 9.50. The van der Waals surface area contributed by atoms with Crippen molar-refractivity contribution < 1.29 is 54.4 Å². The van der Waals surface area contributed by atoms with E-state index in [-0.39, 0.29) is 12.2 Å². The van der Waals surface area contributed by atoms with Crippen molar-refractivity contribution in [3.05, 3.63) is 35.9 Å². The predicted molar refractivity (Wildman–Crippen MR) is 97.1 cm³/mol. The molecule has 6 N–H and O–H groups in total. The fraction of sp³-hybridized carbons (Fsp3) is 0.632. The highest BCUT2D eigenvalue weighted by molar-refractivity contribution is 5.89. The molecule has 9 atom stereocenters. The quantitative estimate of drug-likeness (QED) is 0.256. The van der Waals surface area contributed by atoms with Gasteiger partial charge in [0.25, 0.3) is 0 Å². The summed E-state index contributed by atoms with van der Waals surface area (Å²) in [6.07, 6.45) is -12.5. The summed E-state index contributed by atoms with van der Waals surface area (Å²) in [7, 11) is 0. The van der Waals surface area contributed by atoms with Gasteiger partial charge in [-0.05, 0) is 12.1 Å².